The Kier molecular flexibility index (Phi) is 4.15. The lowest BCUT2D eigenvalue weighted by molar-refractivity contribution is 0.327. The second-order valence-electron chi connectivity index (χ2n) is 5.52. The highest BCUT2D eigenvalue weighted by Crippen LogP contribution is 2.30. The van der Waals surface area contributed by atoms with Crippen LogP contribution in [0.1, 0.15) is 51.6 Å². The summed E-state index contributed by atoms with van der Waals surface area (Å²) in [4.78, 5) is 0. The van der Waals surface area contributed by atoms with E-state index in [1.807, 2.05) is 11.7 Å². The van der Waals surface area contributed by atoms with Crippen molar-refractivity contribution in [2.24, 2.45) is 13.0 Å². The minimum atomic E-state index is 0.479. The lowest BCUT2D eigenvalue weighted by atomic mass is 9.84. The van der Waals surface area contributed by atoms with Gasteiger partial charge in [0.2, 0.25) is 0 Å². The van der Waals surface area contributed by atoms with E-state index >= 15 is 0 Å². The highest BCUT2D eigenvalue weighted by atomic mass is 15.3. The normalized spacial score (nSPS) is 18.8. The van der Waals surface area contributed by atoms with Crippen LogP contribution in [0.5, 0.6) is 0 Å². The van der Waals surface area contributed by atoms with Crippen molar-refractivity contribution in [3.05, 3.63) is 5.69 Å². The molecule has 18 heavy (non-hydrogen) atoms. The number of anilines is 2. The van der Waals surface area contributed by atoms with E-state index in [0.717, 1.165) is 29.5 Å². The largest absolute Gasteiger partial charge is 0.394 e. The molecule has 1 saturated carbocycles. The Balaban J connectivity index is 2.06. The molecule has 0 bridgehead atoms. The molecule has 3 N–H and O–H groups in total. The molecule has 0 aliphatic heterocycles. The van der Waals surface area contributed by atoms with E-state index in [0.29, 0.717) is 6.04 Å². The number of aryl methyl sites for hydroxylation is 2. The van der Waals surface area contributed by atoms with Crippen molar-refractivity contribution in [3.63, 3.8) is 0 Å². The lowest BCUT2D eigenvalue weighted by Crippen LogP contribution is -2.28. The van der Waals surface area contributed by atoms with Gasteiger partial charge in [-0.2, -0.15) is 5.10 Å². The van der Waals surface area contributed by atoms with Gasteiger partial charge in [0.15, 0.2) is 0 Å². The van der Waals surface area contributed by atoms with Gasteiger partial charge in [0.05, 0.1) is 11.4 Å². The van der Waals surface area contributed by atoms with Gasteiger partial charge < -0.3 is 11.1 Å². The Labute approximate surface area is 110 Å². The number of nitrogens with two attached hydrogens (primary N) is 1. The Morgan fingerprint density at radius 3 is 2.61 bits per heavy atom. The van der Waals surface area contributed by atoms with Crippen LogP contribution in [-0.2, 0) is 13.5 Å². The minimum absolute atomic E-state index is 0.479. The summed E-state index contributed by atoms with van der Waals surface area (Å²) in [5.74, 6) is 1.77. The Morgan fingerprint density at radius 1 is 1.39 bits per heavy atom. The predicted molar refractivity (Wildman–Crippen MR) is 76.7 cm³/mol. The SMILES string of the molecule is CCc1nn(C)c(NC(C)C2CCCCC2)c1N. The summed E-state index contributed by atoms with van der Waals surface area (Å²) in [6.45, 7) is 4.36. The smallest absolute Gasteiger partial charge is 0.147 e. The van der Waals surface area contributed by atoms with Crippen molar-refractivity contribution in [3.8, 4) is 0 Å². The van der Waals surface area contributed by atoms with Gasteiger partial charge in [0.25, 0.3) is 0 Å². The van der Waals surface area contributed by atoms with E-state index in [-0.39, 0.29) is 0 Å². The zero-order valence-corrected chi connectivity index (χ0v) is 11.9. The standard InChI is InChI=1S/C14H26N4/c1-4-12-13(15)14(18(3)17-12)16-10(2)11-8-6-5-7-9-11/h10-11,16H,4-9,15H2,1-3H3. The second-order valence-corrected chi connectivity index (χ2v) is 5.52. The van der Waals surface area contributed by atoms with E-state index in [9.17, 15) is 0 Å². The third-order valence-corrected chi connectivity index (χ3v) is 4.22. The molecule has 0 spiro atoms. The molecule has 1 aliphatic rings. The monoisotopic (exact) mass is 250 g/mol. The zero-order chi connectivity index (χ0) is 13.1. The summed E-state index contributed by atoms with van der Waals surface area (Å²) in [5, 5.41) is 8.03. The maximum atomic E-state index is 6.15. The highest BCUT2D eigenvalue weighted by Gasteiger charge is 2.22. The number of rotatable bonds is 4. The van der Waals surface area contributed by atoms with Crippen molar-refractivity contribution < 1.29 is 0 Å². The van der Waals surface area contributed by atoms with Gasteiger partial charge in [-0.25, -0.2) is 0 Å². The predicted octanol–water partition coefficient (Wildman–Crippen LogP) is 2.95. The number of nitrogen functional groups attached to an aromatic ring is 1. The molecule has 1 unspecified atom stereocenters. The summed E-state index contributed by atoms with van der Waals surface area (Å²) in [6.07, 6.45) is 7.71. The average molecular weight is 250 g/mol. The maximum absolute atomic E-state index is 6.15. The van der Waals surface area contributed by atoms with Crippen molar-refractivity contribution in [1.29, 1.82) is 0 Å². The maximum Gasteiger partial charge on any atom is 0.147 e. The van der Waals surface area contributed by atoms with Crippen LogP contribution >= 0.6 is 0 Å². The molecule has 1 aromatic rings. The number of hydrogen-bond acceptors (Lipinski definition) is 3. The van der Waals surface area contributed by atoms with E-state index in [4.69, 9.17) is 5.73 Å². The molecular formula is C14H26N4. The zero-order valence-electron chi connectivity index (χ0n) is 11.9. The molecule has 0 radical (unpaired) electrons. The first-order chi connectivity index (χ1) is 8.63. The highest BCUT2D eigenvalue weighted by molar-refractivity contribution is 5.65. The minimum Gasteiger partial charge on any atom is -0.394 e. The molecular weight excluding hydrogens is 224 g/mol. The van der Waals surface area contributed by atoms with Gasteiger partial charge in [-0.15, -0.1) is 0 Å². The molecule has 0 saturated heterocycles. The number of nitrogens with one attached hydrogen (secondary N) is 1. The molecule has 0 amide bonds. The van der Waals surface area contributed by atoms with Gasteiger partial charge in [0.1, 0.15) is 5.82 Å². The van der Waals surface area contributed by atoms with Crippen LogP contribution in [0.25, 0.3) is 0 Å². The summed E-state index contributed by atoms with van der Waals surface area (Å²) >= 11 is 0. The molecule has 0 aromatic carbocycles. The molecule has 4 nitrogen and oxygen atoms in total. The van der Waals surface area contributed by atoms with Crippen LogP contribution in [0.3, 0.4) is 0 Å². The average Bonchev–Trinajstić information content (AvgIpc) is 2.67. The van der Waals surface area contributed by atoms with Gasteiger partial charge in [-0.05, 0) is 32.1 Å². The lowest BCUT2D eigenvalue weighted by Gasteiger charge is -2.29. The Morgan fingerprint density at radius 2 is 2.06 bits per heavy atom. The molecule has 1 heterocycles. The molecule has 1 aromatic heterocycles. The van der Waals surface area contributed by atoms with Crippen LogP contribution in [0, 0.1) is 5.92 Å². The third-order valence-electron chi connectivity index (χ3n) is 4.22. The third kappa shape index (κ3) is 2.62. The Bertz CT molecular complexity index is 391. The molecule has 1 aliphatic carbocycles. The topological polar surface area (TPSA) is 55.9 Å². The Hall–Kier alpha value is -1.19. The molecule has 1 fully saturated rings. The molecule has 102 valence electrons. The molecule has 4 heteroatoms. The van der Waals surface area contributed by atoms with Gasteiger partial charge in [0, 0.05) is 13.1 Å². The first kappa shape index (κ1) is 13.2. The second kappa shape index (κ2) is 5.63. The van der Waals surface area contributed by atoms with Crippen LogP contribution < -0.4 is 11.1 Å². The van der Waals surface area contributed by atoms with Crippen molar-refractivity contribution >= 4 is 11.5 Å². The fourth-order valence-corrected chi connectivity index (χ4v) is 3.00. The van der Waals surface area contributed by atoms with E-state index < -0.39 is 0 Å². The number of nitrogens with zero attached hydrogens (tertiary/aromatic N) is 2. The summed E-state index contributed by atoms with van der Waals surface area (Å²) in [5.41, 5.74) is 7.96. The van der Waals surface area contributed by atoms with E-state index in [1.54, 1.807) is 0 Å². The summed E-state index contributed by atoms with van der Waals surface area (Å²) < 4.78 is 1.88. The van der Waals surface area contributed by atoms with Crippen molar-refractivity contribution in [1.82, 2.24) is 9.78 Å². The van der Waals surface area contributed by atoms with E-state index in [2.05, 4.69) is 24.3 Å². The number of hydrogen-bond donors (Lipinski definition) is 2. The van der Waals surface area contributed by atoms with Crippen LogP contribution in [0.2, 0.25) is 0 Å². The van der Waals surface area contributed by atoms with Gasteiger partial charge >= 0.3 is 0 Å². The fraction of sp³-hybridized carbons (Fsp3) is 0.786. The van der Waals surface area contributed by atoms with Crippen LogP contribution in [0.4, 0.5) is 11.5 Å². The van der Waals surface area contributed by atoms with Crippen LogP contribution in [0.15, 0.2) is 0 Å². The van der Waals surface area contributed by atoms with E-state index in [1.165, 1.54) is 32.1 Å². The summed E-state index contributed by atoms with van der Waals surface area (Å²) in [7, 11) is 1.96. The first-order valence-corrected chi connectivity index (χ1v) is 7.21. The van der Waals surface area contributed by atoms with Gasteiger partial charge in [-0.3, -0.25) is 4.68 Å². The van der Waals surface area contributed by atoms with Gasteiger partial charge in [-0.1, -0.05) is 26.2 Å². The molecule has 2 rings (SSSR count). The summed E-state index contributed by atoms with van der Waals surface area (Å²) in [6, 6.07) is 0.479. The fourth-order valence-electron chi connectivity index (χ4n) is 3.00. The van der Waals surface area contributed by atoms with Crippen LogP contribution in [-0.4, -0.2) is 15.8 Å². The first-order valence-electron chi connectivity index (χ1n) is 7.21. The van der Waals surface area contributed by atoms with Crippen molar-refractivity contribution in [2.75, 3.05) is 11.1 Å². The molecule has 1 atom stereocenters. The van der Waals surface area contributed by atoms with Crippen molar-refractivity contribution in [2.45, 2.75) is 58.4 Å². The quantitative estimate of drug-likeness (QED) is 0.864. The number of aromatic nitrogens is 2.